The molecular formula is C23H27FN6. The number of aromatic nitrogens is 3. The molecule has 0 amide bonds. The van der Waals surface area contributed by atoms with Crippen LogP contribution in [0.5, 0.6) is 0 Å². The van der Waals surface area contributed by atoms with Crippen molar-refractivity contribution in [3.63, 3.8) is 0 Å². The molecule has 7 heteroatoms. The van der Waals surface area contributed by atoms with E-state index in [9.17, 15) is 4.39 Å². The second-order valence-electron chi connectivity index (χ2n) is 8.68. The lowest BCUT2D eigenvalue weighted by Gasteiger charge is -2.27. The number of anilines is 1. The predicted octanol–water partition coefficient (Wildman–Crippen LogP) is 4.27. The van der Waals surface area contributed by atoms with Gasteiger partial charge >= 0.3 is 0 Å². The molecule has 0 spiro atoms. The quantitative estimate of drug-likeness (QED) is 0.504. The van der Waals surface area contributed by atoms with Crippen molar-refractivity contribution in [2.45, 2.75) is 64.6 Å². The van der Waals surface area contributed by atoms with E-state index < -0.39 is 0 Å². The molecule has 5 rings (SSSR count). The molecule has 5 heterocycles. The largest absolute Gasteiger partial charge is 0.343 e. The van der Waals surface area contributed by atoms with Crippen LogP contribution in [0.2, 0.25) is 0 Å². The molecule has 0 saturated carbocycles. The van der Waals surface area contributed by atoms with Crippen molar-refractivity contribution in [1.82, 2.24) is 19.7 Å². The maximum Gasteiger partial charge on any atom is 0.173 e. The van der Waals surface area contributed by atoms with Crippen LogP contribution < -0.4 is 10.6 Å². The first-order valence-corrected chi connectivity index (χ1v) is 10.6. The van der Waals surface area contributed by atoms with Gasteiger partial charge in [0.15, 0.2) is 11.5 Å². The average molecular weight is 407 g/mol. The van der Waals surface area contributed by atoms with Crippen molar-refractivity contribution in [1.29, 1.82) is 0 Å². The van der Waals surface area contributed by atoms with Crippen molar-refractivity contribution in [3.05, 3.63) is 47.8 Å². The summed E-state index contributed by atoms with van der Waals surface area (Å²) in [6.07, 6.45) is 10.3. The Morgan fingerprint density at radius 1 is 1.20 bits per heavy atom. The molecule has 2 aliphatic rings. The van der Waals surface area contributed by atoms with Gasteiger partial charge in [0.25, 0.3) is 0 Å². The molecule has 0 aromatic carbocycles. The van der Waals surface area contributed by atoms with Crippen LogP contribution in [-0.4, -0.2) is 38.3 Å². The number of rotatable bonds is 3. The van der Waals surface area contributed by atoms with Crippen LogP contribution in [0.1, 0.15) is 43.9 Å². The number of pyridine rings is 2. The lowest BCUT2D eigenvalue weighted by molar-refractivity contribution is 0.364. The van der Waals surface area contributed by atoms with Crippen molar-refractivity contribution in [2.75, 3.05) is 5.32 Å². The number of nitrogens with one attached hydrogen (secondary N) is 2. The fourth-order valence-electron chi connectivity index (χ4n) is 4.80. The second kappa shape index (κ2) is 7.47. The van der Waals surface area contributed by atoms with Gasteiger partial charge in [0.1, 0.15) is 0 Å². The third-order valence-corrected chi connectivity index (χ3v) is 6.17. The minimum Gasteiger partial charge on any atom is -0.343 e. The number of halogens is 1. The van der Waals surface area contributed by atoms with Crippen LogP contribution in [0.4, 0.5) is 10.1 Å². The summed E-state index contributed by atoms with van der Waals surface area (Å²) in [7, 11) is 0. The summed E-state index contributed by atoms with van der Waals surface area (Å²) in [5.41, 5.74) is 4.55. The van der Waals surface area contributed by atoms with Crippen molar-refractivity contribution in [2.24, 2.45) is 4.99 Å². The molecule has 3 aromatic rings. The number of nitrogens with zero attached hydrogens (tertiary/aromatic N) is 4. The number of aryl methyl sites for hydroxylation is 2. The fraction of sp³-hybridized carbons (Fsp3) is 0.435. The molecule has 0 radical (unpaired) electrons. The average Bonchev–Trinajstić information content (AvgIpc) is 3.24. The van der Waals surface area contributed by atoms with Crippen molar-refractivity contribution < 1.29 is 4.39 Å². The molecule has 2 atom stereocenters. The zero-order valence-corrected chi connectivity index (χ0v) is 17.6. The Bertz CT molecular complexity index is 1120. The molecule has 6 nitrogen and oxygen atoms in total. The summed E-state index contributed by atoms with van der Waals surface area (Å²) in [5.74, 6) is 0.571. The van der Waals surface area contributed by atoms with Gasteiger partial charge in [0.05, 0.1) is 35.1 Å². The highest BCUT2D eigenvalue weighted by atomic mass is 19.1. The molecule has 0 aliphatic carbocycles. The first-order valence-electron chi connectivity index (χ1n) is 10.6. The maximum absolute atomic E-state index is 14.4. The molecule has 30 heavy (non-hydrogen) atoms. The van der Waals surface area contributed by atoms with E-state index >= 15 is 0 Å². The predicted molar refractivity (Wildman–Crippen MR) is 118 cm³/mol. The number of hydrogen-bond acceptors (Lipinski definition) is 4. The molecule has 2 saturated heterocycles. The molecule has 2 bridgehead atoms. The molecule has 2 aliphatic heterocycles. The van der Waals surface area contributed by atoms with Gasteiger partial charge in [-0.15, -0.1) is 0 Å². The van der Waals surface area contributed by atoms with Gasteiger partial charge in [0, 0.05) is 30.0 Å². The number of hydrogen-bond donors (Lipinski definition) is 2. The standard InChI is InChI=1S/C23H27FN6/c1-13-6-21(16-7-20(24)23-26-14(2)11-30(23)12-16)25-10-22(13)28-15(3)27-19-8-17-4-5-18(9-19)29-17/h6-7,10-12,17-19,29H,4-5,8-9H2,1-3H3,(H,27,28). The smallest absolute Gasteiger partial charge is 0.173 e. The van der Waals surface area contributed by atoms with Gasteiger partial charge in [-0.1, -0.05) is 0 Å². The van der Waals surface area contributed by atoms with Gasteiger partial charge in [-0.05, 0) is 64.2 Å². The van der Waals surface area contributed by atoms with Gasteiger partial charge in [-0.3, -0.25) is 9.98 Å². The van der Waals surface area contributed by atoms with E-state index in [4.69, 9.17) is 4.99 Å². The third-order valence-electron chi connectivity index (χ3n) is 6.17. The van der Waals surface area contributed by atoms with E-state index in [1.54, 1.807) is 10.6 Å². The van der Waals surface area contributed by atoms with Gasteiger partial charge in [-0.25, -0.2) is 9.37 Å². The van der Waals surface area contributed by atoms with Crippen LogP contribution >= 0.6 is 0 Å². The summed E-state index contributed by atoms with van der Waals surface area (Å²) >= 11 is 0. The van der Waals surface area contributed by atoms with E-state index in [2.05, 4.69) is 20.6 Å². The minimum atomic E-state index is -0.346. The van der Waals surface area contributed by atoms with Crippen LogP contribution in [-0.2, 0) is 0 Å². The summed E-state index contributed by atoms with van der Waals surface area (Å²) in [5, 5.41) is 7.07. The Hall–Kier alpha value is -2.80. The molecule has 156 valence electrons. The van der Waals surface area contributed by atoms with Crippen molar-refractivity contribution >= 4 is 17.2 Å². The summed E-state index contributed by atoms with van der Waals surface area (Å²) < 4.78 is 16.2. The number of imidazole rings is 1. The summed E-state index contributed by atoms with van der Waals surface area (Å²) in [6.45, 7) is 5.90. The molecule has 2 fully saturated rings. The zero-order valence-electron chi connectivity index (χ0n) is 17.6. The normalized spacial score (nSPS) is 23.9. The first kappa shape index (κ1) is 19.2. The van der Waals surface area contributed by atoms with Crippen LogP contribution in [0.15, 0.2) is 35.7 Å². The SMILES string of the molecule is CC(=NC1CC2CCC(C1)N2)Nc1cnc(-c2cc(F)c3nc(C)cn3c2)cc1C. The summed E-state index contributed by atoms with van der Waals surface area (Å²) in [6, 6.07) is 5.12. The van der Waals surface area contributed by atoms with Gasteiger partial charge in [0.2, 0.25) is 0 Å². The topological polar surface area (TPSA) is 66.6 Å². The maximum atomic E-state index is 14.4. The van der Waals surface area contributed by atoms with E-state index in [0.717, 1.165) is 46.9 Å². The highest BCUT2D eigenvalue weighted by Crippen LogP contribution is 2.29. The molecular weight excluding hydrogens is 379 g/mol. The highest BCUT2D eigenvalue weighted by Gasteiger charge is 2.33. The zero-order chi connectivity index (χ0) is 20.8. The van der Waals surface area contributed by atoms with Crippen molar-refractivity contribution in [3.8, 4) is 11.3 Å². The number of fused-ring (bicyclic) bond motifs is 3. The van der Waals surface area contributed by atoms with Gasteiger partial charge in [-0.2, -0.15) is 0 Å². The number of piperidine rings is 1. The Balaban J connectivity index is 1.35. The summed E-state index contributed by atoms with van der Waals surface area (Å²) in [4.78, 5) is 13.7. The fourth-order valence-corrected chi connectivity index (χ4v) is 4.80. The Morgan fingerprint density at radius 2 is 1.97 bits per heavy atom. The lowest BCUT2D eigenvalue weighted by Crippen LogP contribution is -2.40. The van der Waals surface area contributed by atoms with E-state index in [1.165, 1.54) is 18.9 Å². The molecule has 2 unspecified atom stereocenters. The van der Waals surface area contributed by atoms with E-state index in [0.29, 0.717) is 23.8 Å². The van der Waals surface area contributed by atoms with E-state index in [-0.39, 0.29) is 5.82 Å². The minimum absolute atomic E-state index is 0.337. The molecule has 3 aromatic heterocycles. The number of aliphatic imine (C=N–C) groups is 1. The lowest BCUT2D eigenvalue weighted by atomic mass is 10.0. The number of amidine groups is 1. The third kappa shape index (κ3) is 3.69. The van der Waals surface area contributed by atoms with E-state index in [1.807, 2.05) is 39.2 Å². The molecule has 2 N–H and O–H groups in total. The first-order chi connectivity index (χ1) is 14.4. The monoisotopic (exact) mass is 406 g/mol. The van der Waals surface area contributed by atoms with Crippen LogP contribution in [0.3, 0.4) is 0 Å². The Morgan fingerprint density at radius 3 is 2.70 bits per heavy atom. The van der Waals surface area contributed by atoms with Crippen LogP contribution in [0.25, 0.3) is 16.9 Å². The van der Waals surface area contributed by atoms with Crippen LogP contribution in [0, 0.1) is 19.7 Å². The Labute approximate surface area is 175 Å². The Kier molecular flexibility index (Phi) is 4.77. The highest BCUT2D eigenvalue weighted by molar-refractivity contribution is 5.94. The van der Waals surface area contributed by atoms with Gasteiger partial charge < -0.3 is 15.0 Å². The second-order valence-corrected chi connectivity index (χ2v) is 8.68.